The van der Waals surface area contributed by atoms with Gasteiger partial charge in [-0.25, -0.2) is 4.98 Å². The molecule has 0 radical (unpaired) electrons. The van der Waals surface area contributed by atoms with Gasteiger partial charge in [0.1, 0.15) is 11.6 Å². The number of amides is 1. The molecule has 1 aliphatic heterocycles. The average Bonchev–Trinajstić information content (AvgIpc) is 3.28. The fourth-order valence-corrected chi connectivity index (χ4v) is 5.21. The van der Waals surface area contributed by atoms with Crippen molar-refractivity contribution in [2.75, 3.05) is 31.6 Å². The summed E-state index contributed by atoms with van der Waals surface area (Å²) in [7, 11) is 1.99. The second kappa shape index (κ2) is 11.9. The Morgan fingerprint density at radius 1 is 1.10 bits per heavy atom. The monoisotopic (exact) mass is 528 g/mol. The quantitative estimate of drug-likeness (QED) is 0.295. The molecule has 1 amide bonds. The number of hydrogen-bond donors (Lipinski definition) is 2. The number of carbonyl (C=O) groups excluding carboxylic acids is 1. The molecule has 39 heavy (non-hydrogen) atoms. The highest BCUT2D eigenvalue weighted by molar-refractivity contribution is 6.03. The van der Waals surface area contributed by atoms with Gasteiger partial charge in [-0.2, -0.15) is 0 Å². The highest BCUT2D eigenvalue weighted by Crippen LogP contribution is 2.36. The van der Waals surface area contributed by atoms with Crippen LogP contribution in [0.2, 0.25) is 0 Å². The van der Waals surface area contributed by atoms with Crippen molar-refractivity contribution in [3.63, 3.8) is 0 Å². The maximum Gasteiger partial charge on any atom is 0.256 e. The molecular formula is C31H36N4O4. The van der Waals surface area contributed by atoms with E-state index in [0.29, 0.717) is 41.2 Å². The smallest absolute Gasteiger partial charge is 0.256 e. The van der Waals surface area contributed by atoms with Crippen LogP contribution in [-0.2, 0) is 7.05 Å². The molecule has 2 aromatic heterocycles. The third-order valence-electron chi connectivity index (χ3n) is 7.21. The molecule has 0 aliphatic carbocycles. The molecule has 8 heteroatoms. The lowest BCUT2D eigenvalue weighted by Crippen LogP contribution is -2.37. The van der Waals surface area contributed by atoms with Crippen LogP contribution in [0.15, 0.2) is 67.0 Å². The van der Waals surface area contributed by atoms with Gasteiger partial charge in [-0.05, 0) is 81.6 Å². The maximum absolute atomic E-state index is 13.0. The predicted octanol–water partition coefficient (Wildman–Crippen LogP) is 5.58. The molecule has 2 N–H and O–H groups in total. The molecular weight excluding hydrogens is 492 g/mol. The van der Waals surface area contributed by atoms with Crippen LogP contribution < -0.4 is 14.8 Å². The van der Waals surface area contributed by atoms with Gasteiger partial charge in [0, 0.05) is 49.1 Å². The number of aryl methyl sites for hydroxylation is 1. The van der Waals surface area contributed by atoms with E-state index in [9.17, 15) is 9.90 Å². The Hall–Kier alpha value is -3.88. The number of pyridine rings is 1. The lowest BCUT2D eigenvalue weighted by Gasteiger charge is -2.32. The Bertz CT molecular complexity index is 1420. The van der Waals surface area contributed by atoms with E-state index in [1.165, 1.54) is 5.56 Å². The molecule has 2 aromatic carbocycles. The highest BCUT2D eigenvalue weighted by atomic mass is 16.5. The van der Waals surface area contributed by atoms with E-state index in [-0.39, 0.29) is 12.0 Å². The van der Waals surface area contributed by atoms with Crippen molar-refractivity contribution in [2.45, 2.75) is 38.7 Å². The Labute approximate surface area is 229 Å². The summed E-state index contributed by atoms with van der Waals surface area (Å²) in [5, 5.41) is 13.6. The minimum atomic E-state index is -0.299. The van der Waals surface area contributed by atoms with Crippen LogP contribution in [0, 0.1) is 0 Å². The zero-order valence-corrected chi connectivity index (χ0v) is 22.8. The summed E-state index contributed by atoms with van der Waals surface area (Å²) in [5.74, 6) is 2.46. The van der Waals surface area contributed by atoms with Gasteiger partial charge in [-0.15, -0.1) is 0 Å². The molecule has 1 saturated heterocycles. The molecule has 0 bridgehead atoms. The number of nitrogens with zero attached hydrogens (tertiary/aromatic N) is 3. The number of carbonyl (C=O) groups is 1. The lowest BCUT2D eigenvalue weighted by atomic mass is 9.89. The number of fused-ring (bicyclic) bond motifs is 1. The Balaban J connectivity index is 1.23. The first-order valence-corrected chi connectivity index (χ1v) is 13.6. The van der Waals surface area contributed by atoms with Crippen molar-refractivity contribution in [1.82, 2.24) is 14.5 Å². The number of benzene rings is 2. The molecule has 0 saturated carbocycles. The summed E-state index contributed by atoms with van der Waals surface area (Å²) in [4.78, 5) is 19.6. The molecule has 204 valence electrons. The molecule has 1 atom stereocenters. The minimum Gasteiger partial charge on any atom is -0.490 e. The third-order valence-corrected chi connectivity index (χ3v) is 7.21. The van der Waals surface area contributed by atoms with Crippen LogP contribution >= 0.6 is 0 Å². The van der Waals surface area contributed by atoms with Gasteiger partial charge < -0.3 is 29.4 Å². The lowest BCUT2D eigenvalue weighted by molar-refractivity contribution is 0.102. The van der Waals surface area contributed by atoms with Gasteiger partial charge in [-0.3, -0.25) is 4.79 Å². The molecule has 1 aliphatic rings. The number of piperidine rings is 1. The van der Waals surface area contributed by atoms with E-state index in [0.717, 1.165) is 43.4 Å². The fourth-order valence-electron chi connectivity index (χ4n) is 5.21. The van der Waals surface area contributed by atoms with Gasteiger partial charge in [0.05, 0.1) is 18.2 Å². The van der Waals surface area contributed by atoms with Gasteiger partial charge in [0.15, 0.2) is 11.5 Å². The highest BCUT2D eigenvalue weighted by Gasteiger charge is 2.21. The van der Waals surface area contributed by atoms with E-state index >= 15 is 0 Å². The van der Waals surface area contributed by atoms with Gasteiger partial charge in [0.2, 0.25) is 0 Å². The summed E-state index contributed by atoms with van der Waals surface area (Å²) in [6, 6.07) is 17.3. The number of anilines is 1. The Kier molecular flexibility index (Phi) is 8.14. The topological polar surface area (TPSA) is 88.8 Å². The molecule has 1 unspecified atom stereocenters. The first-order chi connectivity index (χ1) is 18.9. The van der Waals surface area contributed by atoms with Crippen molar-refractivity contribution in [2.24, 2.45) is 7.05 Å². The maximum atomic E-state index is 13.0. The van der Waals surface area contributed by atoms with E-state index in [1.807, 2.05) is 74.1 Å². The summed E-state index contributed by atoms with van der Waals surface area (Å²) in [5.41, 5.74) is 2.88. The molecule has 0 spiro atoms. The summed E-state index contributed by atoms with van der Waals surface area (Å²) < 4.78 is 14.0. The van der Waals surface area contributed by atoms with Crippen molar-refractivity contribution in [1.29, 1.82) is 0 Å². The van der Waals surface area contributed by atoms with Crippen molar-refractivity contribution in [3.05, 3.63) is 78.1 Å². The van der Waals surface area contributed by atoms with Crippen LogP contribution in [0.4, 0.5) is 5.82 Å². The second-order valence-electron chi connectivity index (χ2n) is 10.2. The number of rotatable bonds is 9. The van der Waals surface area contributed by atoms with Gasteiger partial charge >= 0.3 is 0 Å². The standard InChI is InChI=1S/C31H36N4O4/c1-4-38-28-19-27-25(10-14-34(27)3)17-29(28)39-26-9-13-32-30(18-26)33-31(37)24-7-5-22(6-8-24)23-11-15-35(16-12-23)20-21(2)36/h5-10,13-14,17-19,21,23,36H,4,11-12,15-16,20H2,1-3H3,(H,32,33,37). The van der Waals surface area contributed by atoms with Crippen LogP contribution in [-0.4, -0.2) is 57.8 Å². The van der Waals surface area contributed by atoms with E-state index in [2.05, 4.69) is 15.2 Å². The van der Waals surface area contributed by atoms with Crippen LogP contribution in [0.25, 0.3) is 10.9 Å². The summed E-state index contributed by atoms with van der Waals surface area (Å²) in [6.07, 6.45) is 5.42. The first kappa shape index (κ1) is 26.7. The van der Waals surface area contributed by atoms with E-state index in [4.69, 9.17) is 9.47 Å². The summed E-state index contributed by atoms with van der Waals surface area (Å²) >= 11 is 0. The molecule has 4 aromatic rings. The largest absolute Gasteiger partial charge is 0.490 e. The number of hydrogen-bond acceptors (Lipinski definition) is 6. The number of β-amino-alcohol motifs (C(OH)–C–C–N with tert-alkyl or cyclic N) is 1. The van der Waals surface area contributed by atoms with Gasteiger partial charge in [-0.1, -0.05) is 12.1 Å². The van der Waals surface area contributed by atoms with Crippen LogP contribution in [0.1, 0.15) is 48.5 Å². The Morgan fingerprint density at radius 2 is 1.87 bits per heavy atom. The minimum absolute atomic E-state index is 0.223. The van der Waals surface area contributed by atoms with Crippen molar-refractivity contribution >= 4 is 22.6 Å². The predicted molar refractivity (Wildman–Crippen MR) is 153 cm³/mol. The zero-order valence-electron chi connectivity index (χ0n) is 22.8. The zero-order chi connectivity index (χ0) is 27.4. The SMILES string of the molecule is CCOc1cc2c(ccn2C)cc1Oc1ccnc(NC(=O)c2ccc(C3CCN(CC(C)O)CC3)cc2)c1. The van der Waals surface area contributed by atoms with E-state index < -0.39 is 0 Å². The molecule has 8 nitrogen and oxygen atoms in total. The van der Waals surface area contributed by atoms with Crippen LogP contribution in [0.5, 0.6) is 17.2 Å². The molecule has 5 rings (SSSR count). The average molecular weight is 529 g/mol. The number of likely N-dealkylation sites (tertiary alicyclic amines) is 1. The number of nitrogens with one attached hydrogen (secondary N) is 1. The fraction of sp³-hybridized carbons (Fsp3) is 0.355. The number of ether oxygens (including phenoxy) is 2. The van der Waals surface area contributed by atoms with Crippen LogP contribution in [0.3, 0.4) is 0 Å². The summed E-state index contributed by atoms with van der Waals surface area (Å²) in [6.45, 7) is 6.97. The molecule has 3 heterocycles. The van der Waals surface area contributed by atoms with Crippen molar-refractivity contribution in [3.8, 4) is 17.2 Å². The second-order valence-corrected chi connectivity index (χ2v) is 10.2. The number of aliphatic hydroxyl groups is 1. The van der Waals surface area contributed by atoms with Crippen molar-refractivity contribution < 1.29 is 19.4 Å². The first-order valence-electron chi connectivity index (χ1n) is 13.6. The van der Waals surface area contributed by atoms with Gasteiger partial charge in [0.25, 0.3) is 5.91 Å². The number of aromatic nitrogens is 2. The van der Waals surface area contributed by atoms with E-state index in [1.54, 1.807) is 18.3 Å². The normalized spacial score (nSPS) is 15.3. The number of aliphatic hydroxyl groups excluding tert-OH is 1. The Morgan fingerprint density at radius 3 is 2.59 bits per heavy atom. The third kappa shape index (κ3) is 6.41. The molecule has 1 fully saturated rings.